The molecule has 0 N–H and O–H groups in total. The van der Waals surface area contributed by atoms with Crippen molar-refractivity contribution in [3.05, 3.63) is 46.5 Å². The van der Waals surface area contributed by atoms with Crippen LogP contribution in [0.2, 0.25) is 0 Å². The first kappa shape index (κ1) is 15.5. The van der Waals surface area contributed by atoms with E-state index in [4.69, 9.17) is 4.52 Å². The summed E-state index contributed by atoms with van der Waals surface area (Å²) in [6.07, 6.45) is 1.68. The average molecular weight is 314 g/mol. The van der Waals surface area contributed by atoms with Crippen LogP contribution in [0.15, 0.2) is 33.6 Å². The Hall–Kier alpha value is -2.37. The Balaban J connectivity index is 1.98. The second kappa shape index (κ2) is 6.40. The quantitative estimate of drug-likeness (QED) is 0.702. The summed E-state index contributed by atoms with van der Waals surface area (Å²) in [7, 11) is 0. The summed E-state index contributed by atoms with van der Waals surface area (Å²) in [6.45, 7) is 7.29. The molecule has 2 aromatic heterocycles. The largest absolute Gasteiger partial charge is 0.337 e. The first-order chi connectivity index (χ1) is 11.1. The van der Waals surface area contributed by atoms with E-state index in [1.807, 2.05) is 24.3 Å². The SMILES string of the molecule is CCCn1c(=O)n(Cc2nc(CC(C)C)no2)c2ccccc21. The van der Waals surface area contributed by atoms with Crippen LogP contribution in [-0.4, -0.2) is 19.3 Å². The number of imidazole rings is 1. The smallest absolute Gasteiger partial charge is 0.329 e. The van der Waals surface area contributed by atoms with Crippen molar-refractivity contribution in [3.63, 3.8) is 0 Å². The molecule has 3 rings (SSSR count). The maximum absolute atomic E-state index is 12.7. The normalized spacial score (nSPS) is 11.7. The van der Waals surface area contributed by atoms with E-state index >= 15 is 0 Å². The second-order valence-electron chi connectivity index (χ2n) is 6.21. The van der Waals surface area contributed by atoms with Crippen LogP contribution in [-0.2, 0) is 19.5 Å². The number of nitrogens with zero attached hydrogens (tertiary/aromatic N) is 4. The molecule has 0 atom stereocenters. The number of para-hydroxylation sites is 2. The summed E-state index contributed by atoms with van der Waals surface area (Å²) in [5.41, 5.74) is 1.81. The molecule has 0 amide bonds. The van der Waals surface area contributed by atoms with Gasteiger partial charge < -0.3 is 4.52 Å². The van der Waals surface area contributed by atoms with Crippen molar-refractivity contribution in [2.45, 2.75) is 46.7 Å². The van der Waals surface area contributed by atoms with Crippen molar-refractivity contribution in [3.8, 4) is 0 Å². The third-order valence-corrected chi connectivity index (χ3v) is 3.77. The Labute approximate surface area is 134 Å². The summed E-state index contributed by atoms with van der Waals surface area (Å²) in [5, 5.41) is 4.00. The number of benzene rings is 1. The average Bonchev–Trinajstić information content (AvgIpc) is 3.05. The number of hydrogen-bond acceptors (Lipinski definition) is 4. The zero-order valence-electron chi connectivity index (χ0n) is 13.8. The minimum atomic E-state index is -0.0309. The van der Waals surface area contributed by atoms with Gasteiger partial charge in [0.1, 0.15) is 6.54 Å². The highest BCUT2D eigenvalue weighted by molar-refractivity contribution is 5.76. The molecule has 0 saturated carbocycles. The molecule has 23 heavy (non-hydrogen) atoms. The van der Waals surface area contributed by atoms with E-state index in [9.17, 15) is 4.79 Å². The topological polar surface area (TPSA) is 65.8 Å². The predicted octanol–water partition coefficient (Wildman–Crippen LogP) is 2.84. The van der Waals surface area contributed by atoms with E-state index in [0.29, 0.717) is 30.7 Å². The Morgan fingerprint density at radius 1 is 1.17 bits per heavy atom. The van der Waals surface area contributed by atoms with Gasteiger partial charge in [0.05, 0.1) is 11.0 Å². The van der Waals surface area contributed by atoms with Crippen LogP contribution in [0.1, 0.15) is 38.9 Å². The lowest BCUT2D eigenvalue weighted by Crippen LogP contribution is -2.24. The molecule has 1 aromatic carbocycles. The zero-order chi connectivity index (χ0) is 16.4. The van der Waals surface area contributed by atoms with E-state index in [0.717, 1.165) is 23.9 Å². The molecular formula is C17H22N4O2. The van der Waals surface area contributed by atoms with E-state index in [2.05, 4.69) is 30.9 Å². The predicted molar refractivity (Wildman–Crippen MR) is 88.4 cm³/mol. The molecule has 0 aliphatic heterocycles. The maximum atomic E-state index is 12.7. The van der Waals surface area contributed by atoms with E-state index in [1.54, 1.807) is 9.13 Å². The third kappa shape index (κ3) is 3.06. The van der Waals surface area contributed by atoms with Gasteiger partial charge in [-0.3, -0.25) is 9.13 Å². The van der Waals surface area contributed by atoms with Crippen LogP contribution < -0.4 is 5.69 Å². The van der Waals surface area contributed by atoms with Gasteiger partial charge in [0.25, 0.3) is 0 Å². The molecule has 0 bridgehead atoms. The van der Waals surface area contributed by atoms with Gasteiger partial charge in [-0.25, -0.2) is 4.79 Å². The Bertz CT molecular complexity index is 857. The Morgan fingerprint density at radius 3 is 2.52 bits per heavy atom. The monoisotopic (exact) mass is 314 g/mol. The van der Waals surface area contributed by atoms with Crippen LogP contribution in [0.5, 0.6) is 0 Å². The fraction of sp³-hybridized carbons (Fsp3) is 0.471. The Morgan fingerprint density at radius 2 is 1.87 bits per heavy atom. The van der Waals surface area contributed by atoms with Gasteiger partial charge in [-0.05, 0) is 24.5 Å². The summed E-state index contributed by atoms with van der Waals surface area (Å²) in [6, 6.07) is 7.81. The summed E-state index contributed by atoms with van der Waals surface area (Å²) in [5.74, 6) is 1.64. The lowest BCUT2D eigenvalue weighted by atomic mass is 10.1. The molecular weight excluding hydrogens is 292 g/mol. The molecule has 2 heterocycles. The van der Waals surface area contributed by atoms with Gasteiger partial charge in [0, 0.05) is 13.0 Å². The van der Waals surface area contributed by atoms with Crippen molar-refractivity contribution in [2.24, 2.45) is 5.92 Å². The number of rotatable bonds is 6. The molecule has 0 aliphatic carbocycles. The van der Waals surface area contributed by atoms with Crippen LogP contribution in [0.25, 0.3) is 11.0 Å². The number of aromatic nitrogens is 4. The number of hydrogen-bond donors (Lipinski definition) is 0. The second-order valence-corrected chi connectivity index (χ2v) is 6.21. The van der Waals surface area contributed by atoms with Crippen molar-refractivity contribution >= 4 is 11.0 Å². The van der Waals surface area contributed by atoms with Crippen LogP contribution >= 0.6 is 0 Å². The minimum Gasteiger partial charge on any atom is -0.337 e. The highest BCUT2D eigenvalue weighted by Gasteiger charge is 2.15. The third-order valence-electron chi connectivity index (χ3n) is 3.77. The van der Waals surface area contributed by atoms with Crippen LogP contribution in [0.3, 0.4) is 0 Å². The van der Waals surface area contributed by atoms with Gasteiger partial charge >= 0.3 is 5.69 Å². The molecule has 0 fully saturated rings. The lowest BCUT2D eigenvalue weighted by Gasteiger charge is -1.98. The molecule has 3 aromatic rings. The lowest BCUT2D eigenvalue weighted by molar-refractivity contribution is 0.363. The van der Waals surface area contributed by atoms with Gasteiger partial charge in [-0.15, -0.1) is 0 Å². The van der Waals surface area contributed by atoms with E-state index < -0.39 is 0 Å². The summed E-state index contributed by atoms with van der Waals surface area (Å²) in [4.78, 5) is 17.1. The molecule has 6 nitrogen and oxygen atoms in total. The van der Waals surface area contributed by atoms with E-state index in [-0.39, 0.29) is 5.69 Å². The zero-order valence-corrected chi connectivity index (χ0v) is 13.8. The number of fused-ring (bicyclic) bond motifs is 1. The van der Waals surface area contributed by atoms with Gasteiger partial charge in [-0.1, -0.05) is 38.1 Å². The highest BCUT2D eigenvalue weighted by Crippen LogP contribution is 2.15. The molecule has 122 valence electrons. The van der Waals surface area contributed by atoms with Gasteiger partial charge in [0.15, 0.2) is 5.82 Å². The van der Waals surface area contributed by atoms with Crippen molar-refractivity contribution in [2.75, 3.05) is 0 Å². The van der Waals surface area contributed by atoms with Crippen molar-refractivity contribution in [1.29, 1.82) is 0 Å². The molecule has 0 aliphatic rings. The maximum Gasteiger partial charge on any atom is 0.329 e. The Kier molecular flexibility index (Phi) is 4.32. The number of aryl methyl sites for hydroxylation is 1. The standard InChI is InChI=1S/C17H22N4O2/c1-4-9-20-13-7-5-6-8-14(13)21(17(20)22)11-16-18-15(19-23-16)10-12(2)3/h5-8,12H,4,9-11H2,1-3H3. The van der Waals surface area contributed by atoms with Gasteiger partial charge in [0.2, 0.25) is 5.89 Å². The van der Waals surface area contributed by atoms with E-state index in [1.165, 1.54) is 0 Å². The van der Waals surface area contributed by atoms with Crippen molar-refractivity contribution < 1.29 is 4.52 Å². The molecule has 0 spiro atoms. The fourth-order valence-electron chi connectivity index (χ4n) is 2.80. The first-order valence-corrected chi connectivity index (χ1v) is 8.09. The molecule has 0 radical (unpaired) electrons. The molecule has 0 unspecified atom stereocenters. The van der Waals surface area contributed by atoms with Gasteiger partial charge in [-0.2, -0.15) is 4.98 Å². The van der Waals surface area contributed by atoms with Crippen LogP contribution in [0, 0.1) is 5.92 Å². The fourth-order valence-corrected chi connectivity index (χ4v) is 2.80. The first-order valence-electron chi connectivity index (χ1n) is 8.09. The molecule has 0 saturated heterocycles. The van der Waals surface area contributed by atoms with Crippen LogP contribution in [0.4, 0.5) is 0 Å². The minimum absolute atomic E-state index is 0.0309. The van der Waals surface area contributed by atoms with Crippen molar-refractivity contribution in [1.82, 2.24) is 19.3 Å². The summed E-state index contributed by atoms with van der Waals surface area (Å²) < 4.78 is 8.82. The highest BCUT2D eigenvalue weighted by atomic mass is 16.5. The molecule has 6 heteroatoms. The summed E-state index contributed by atoms with van der Waals surface area (Å²) >= 11 is 0.